The summed E-state index contributed by atoms with van der Waals surface area (Å²) in [6.45, 7) is 3.88. The first-order chi connectivity index (χ1) is 15.3. The minimum Gasteiger partial charge on any atom is -0.310 e. The van der Waals surface area contributed by atoms with Gasteiger partial charge < -0.3 is 4.90 Å². The van der Waals surface area contributed by atoms with Gasteiger partial charge in [0.25, 0.3) is 0 Å². The van der Waals surface area contributed by atoms with E-state index in [2.05, 4.69) is 127 Å². The first-order valence-electron chi connectivity index (χ1n) is 10.5. The van der Waals surface area contributed by atoms with E-state index in [4.69, 9.17) is 0 Å². The van der Waals surface area contributed by atoms with E-state index in [1.807, 2.05) is 12.1 Å². The monoisotopic (exact) mass is 397 g/mol. The Labute approximate surface area is 183 Å². The molecular formula is C30H23N. The van der Waals surface area contributed by atoms with Crippen LogP contribution in [-0.4, -0.2) is 0 Å². The third kappa shape index (κ3) is 3.86. The van der Waals surface area contributed by atoms with Crippen LogP contribution in [0.5, 0.6) is 0 Å². The van der Waals surface area contributed by atoms with Gasteiger partial charge in [0.2, 0.25) is 0 Å². The molecule has 0 saturated heterocycles. The first kappa shape index (κ1) is 18.9. The molecule has 0 fully saturated rings. The van der Waals surface area contributed by atoms with E-state index in [0.717, 1.165) is 22.6 Å². The number of nitrogens with zero attached hydrogens (tertiary/aromatic N) is 1. The van der Waals surface area contributed by atoms with Crippen molar-refractivity contribution in [2.24, 2.45) is 0 Å². The van der Waals surface area contributed by atoms with Gasteiger partial charge in [-0.05, 0) is 63.9 Å². The van der Waals surface area contributed by atoms with Crippen LogP contribution in [0.1, 0.15) is 5.56 Å². The maximum Gasteiger partial charge on any atom is 0.0468 e. The molecule has 0 spiro atoms. The van der Waals surface area contributed by atoms with E-state index >= 15 is 0 Å². The molecule has 5 rings (SSSR count). The molecule has 0 aliphatic heterocycles. The summed E-state index contributed by atoms with van der Waals surface area (Å²) in [5.74, 6) is 0. The number of rotatable bonds is 5. The molecule has 1 nitrogen and oxygen atoms in total. The summed E-state index contributed by atoms with van der Waals surface area (Å²) < 4.78 is 0. The molecule has 0 radical (unpaired) electrons. The largest absolute Gasteiger partial charge is 0.310 e. The predicted octanol–water partition coefficient (Wildman–Crippen LogP) is 8.62. The highest BCUT2D eigenvalue weighted by molar-refractivity contribution is 5.89. The van der Waals surface area contributed by atoms with Crippen LogP contribution < -0.4 is 4.90 Å². The van der Waals surface area contributed by atoms with Gasteiger partial charge >= 0.3 is 0 Å². The average molecular weight is 398 g/mol. The molecule has 0 heterocycles. The molecule has 5 aromatic rings. The lowest BCUT2D eigenvalue weighted by Crippen LogP contribution is -2.09. The SMILES string of the molecule is C=Cc1ccc(N(c2ccc(-c3ccccc3)cc2)c2ccc3ccccc3c2)cc1. The van der Waals surface area contributed by atoms with Crippen LogP contribution in [0.2, 0.25) is 0 Å². The molecule has 31 heavy (non-hydrogen) atoms. The van der Waals surface area contributed by atoms with Gasteiger partial charge in [-0.2, -0.15) is 0 Å². The molecule has 148 valence electrons. The lowest BCUT2D eigenvalue weighted by atomic mass is 10.0. The van der Waals surface area contributed by atoms with Gasteiger partial charge in [0.15, 0.2) is 0 Å². The summed E-state index contributed by atoms with van der Waals surface area (Å²) in [4.78, 5) is 2.30. The lowest BCUT2D eigenvalue weighted by Gasteiger charge is -2.26. The van der Waals surface area contributed by atoms with E-state index in [1.54, 1.807) is 0 Å². The molecule has 0 atom stereocenters. The summed E-state index contributed by atoms with van der Waals surface area (Å²) >= 11 is 0. The molecule has 0 aliphatic carbocycles. The normalized spacial score (nSPS) is 10.7. The van der Waals surface area contributed by atoms with Gasteiger partial charge in [0.05, 0.1) is 0 Å². The molecule has 0 amide bonds. The molecule has 0 unspecified atom stereocenters. The van der Waals surface area contributed by atoms with Crippen LogP contribution in [0.3, 0.4) is 0 Å². The zero-order valence-electron chi connectivity index (χ0n) is 17.3. The van der Waals surface area contributed by atoms with Crippen LogP contribution in [0.15, 0.2) is 128 Å². The number of benzene rings is 5. The van der Waals surface area contributed by atoms with Gasteiger partial charge in [-0.25, -0.2) is 0 Å². The molecular weight excluding hydrogens is 374 g/mol. The minimum absolute atomic E-state index is 1.11. The maximum atomic E-state index is 3.88. The zero-order valence-corrected chi connectivity index (χ0v) is 17.3. The van der Waals surface area contributed by atoms with Crippen LogP contribution in [-0.2, 0) is 0 Å². The molecule has 0 saturated carbocycles. The van der Waals surface area contributed by atoms with Crippen molar-refractivity contribution in [1.29, 1.82) is 0 Å². The highest BCUT2D eigenvalue weighted by Gasteiger charge is 2.13. The maximum absolute atomic E-state index is 3.88. The average Bonchev–Trinajstić information content (AvgIpc) is 2.85. The Kier molecular flexibility index (Phi) is 5.08. The van der Waals surface area contributed by atoms with Gasteiger partial charge in [-0.3, -0.25) is 0 Å². The molecule has 0 aliphatic rings. The van der Waals surface area contributed by atoms with Gasteiger partial charge in [0, 0.05) is 17.1 Å². The first-order valence-corrected chi connectivity index (χ1v) is 10.5. The molecule has 0 bridgehead atoms. The summed E-state index contributed by atoms with van der Waals surface area (Å²) in [7, 11) is 0. The Morgan fingerprint density at radius 2 is 1.03 bits per heavy atom. The fraction of sp³-hybridized carbons (Fsp3) is 0. The topological polar surface area (TPSA) is 3.24 Å². The summed E-state index contributed by atoms with van der Waals surface area (Å²) in [5, 5.41) is 2.47. The predicted molar refractivity (Wildman–Crippen MR) is 134 cm³/mol. The number of fused-ring (bicyclic) bond motifs is 1. The van der Waals surface area contributed by atoms with Gasteiger partial charge in [0.1, 0.15) is 0 Å². The van der Waals surface area contributed by atoms with E-state index < -0.39 is 0 Å². The van der Waals surface area contributed by atoms with Crippen LogP contribution >= 0.6 is 0 Å². The molecule has 1 heteroatoms. The van der Waals surface area contributed by atoms with E-state index in [-0.39, 0.29) is 0 Å². The van der Waals surface area contributed by atoms with Crippen molar-refractivity contribution in [3.8, 4) is 11.1 Å². The number of anilines is 3. The number of hydrogen-bond acceptors (Lipinski definition) is 1. The van der Waals surface area contributed by atoms with Crippen LogP contribution in [0.4, 0.5) is 17.1 Å². The Hall–Kier alpha value is -4.10. The highest BCUT2D eigenvalue weighted by atomic mass is 15.1. The summed E-state index contributed by atoms with van der Waals surface area (Å²) in [6.07, 6.45) is 1.87. The second kappa shape index (κ2) is 8.33. The van der Waals surface area contributed by atoms with E-state index in [0.29, 0.717) is 0 Å². The summed E-state index contributed by atoms with van der Waals surface area (Å²) in [6, 6.07) is 42.9. The smallest absolute Gasteiger partial charge is 0.0468 e. The van der Waals surface area contributed by atoms with Crippen molar-refractivity contribution in [1.82, 2.24) is 0 Å². The van der Waals surface area contributed by atoms with E-state index in [1.165, 1.54) is 21.9 Å². The van der Waals surface area contributed by atoms with Crippen molar-refractivity contribution in [3.05, 3.63) is 133 Å². The van der Waals surface area contributed by atoms with Crippen LogP contribution in [0, 0.1) is 0 Å². The zero-order chi connectivity index (χ0) is 21.0. The Bertz CT molecular complexity index is 1320. The lowest BCUT2D eigenvalue weighted by molar-refractivity contribution is 1.29. The molecule has 0 aromatic heterocycles. The highest BCUT2D eigenvalue weighted by Crippen LogP contribution is 2.37. The standard InChI is InChI=1S/C30H23N/c1-2-23-12-17-28(18-13-23)31(30-21-16-25-10-6-7-11-27(25)22-30)29-19-14-26(15-20-29)24-8-4-3-5-9-24/h2-22H,1H2. The minimum atomic E-state index is 1.11. The third-order valence-corrected chi connectivity index (χ3v) is 5.61. The van der Waals surface area contributed by atoms with Crippen LogP contribution in [0.25, 0.3) is 28.0 Å². The quantitative estimate of drug-likeness (QED) is 0.287. The second-order valence-corrected chi connectivity index (χ2v) is 7.58. The Morgan fingerprint density at radius 3 is 1.71 bits per heavy atom. The molecule has 0 N–H and O–H groups in total. The molecule has 5 aromatic carbocycles. The Balaban J connectivity index is 1.61. The van der Waals surface area contributed by atoms with Gasteiger partial charge in [-0.15, -0.1) is 0 Å². The van der Waals surface area contributed by atoms with Gasteiger partial charge in [-0.1, -0.05) is 97.6 Å². The van der Waals surface area contributed by atoms with Crippen molar-refractivity contribution in [2.45, 2.75) is 0 Å². The van der Waals surface area contributed by atoms with Crippen molar-refractivity contribution < 1.29 is 0 Å². The second-order valence-electron chi connectivity index (χ2n) is 7.58. The fourth-order valence-electron chi connectivity index (χ4n) is 3.96. The third-order valence-electron chi connectivity index (χ3n) is 5.61. The Morgan fingerprint density at radius 1 is 0.484 bits per heavy atom. The van der Waals surface area contributed by atoms with E-state index in [9.17, 15) is 0 Å². The van der Waals surface area contributed by atoms with Crippen molar-refractivity contribution >= 4 is 33.9 Å². The number of hydrogen-bond donors (Lipinski definition) is 0. The fourth-order valence-corrected chi connectivity index (χ4v) is 3.96. The summed E-state index contributed by atoms with van der Waals surface area (Å²) in [5.41, 5.74) is 6.93. The van der Waals surface area contributed by atoms with Crippen molar-refractivity contribution in [3.63, 3.8) is 0 Å². The van der Waals surface area contributed by atoms with Crippen molar-refractivity contribution in [2.75, 3.05) is 4.90 Å².